The third kappa shape index (κ3) is 3.35. The van der Waals surface area contributed by atoms with Crippen LogP contribution < -0.4 is 10.4 Å². The zero-order valence-electron chi connectivity index (χ0n) is 15.5. The summed E-state index contributed by atoms with van der Waals surface area (Å²) in [5.74, 6) is 0.626. The van der Waals surface area contributed by atoms with Crippen LogP contribution in [-0.4, -0.2) is 18.2 Å². The number of benzene rings is 2. The van der Waals surface area contributed by atoms with Crippen molar-refractivity contribution in [2.24, 2.45) is 0 Å². The first-order valence-corrected chi connectivity index (χ1v) is 9.24. The van der Waals surface area contributed by atoms with E-state index in [1.165, 1.54) is 6.07 Å². The lowest BCUT2D eigenvalue weighted by Crippen LogP contribution is -2.34. The van der Waals surface area contributed by atoms with E-state index in [0.29, 0.717) is 30.8 Å². The Kier molecular flexibility index (Phi) is 4.70. The molecule has 0 fully saturated rings. The molecular formula is C22H22FNO3. The molecule has 4 nitrogen and oxygen atoms in total. The van der Waals surface area contributed by atoms with Crippen LogP contribution in [0, 0.1) is 12.7 Å². The Balaban J connectivity index is 1.62. The number of rotatable bonds is 4. The van der Waals surface area contributed by atoms with Crippen molar-refractivity contribution in [1.29, 1.82) is 0 Å². The maximum Gasteiger partial charge on any atom is 0.336 e. The average Bonchev–Trinajstić information content (AvgIpc) is 2.67. The number of hydrogen-bond acceptors (Lipinski definition) is 4. The van der Waals surface area contributed by atoms with Gasteiger partial charge in [0.25, 0.3) is 0 Å². The van der Waals surface area contributed by atoms with Crippen molar-refractivity contribution >= 4 is 11.0 Å². The topological polar surface area (TPSA) is 42.7 Å². The molecule has 27 heavy (non-hydrogen) atoms. The Morgan fingerprint density at radius 2 is 2.00 bits per heavy atom. The molecule has 2 heterocycles. The van der Waals surface area contributed by atoms with E-state index in [1.54, 1.807) is 12.1 Å². The van der Waals surface area contributed by atoms with Gasteiger partial charge in [-0.05, 0) is 43.0 Å². The van der Waals surface area contributed by atoms with E-state index in [2.05, 4.69) is 11.0 Å². The highest BCUT2D eigenvalue weighted by atomic mass is 19.1. The molecule has 1 aliphatic heterocycles. The summed E-state index contributed by atoms with van der Waals surface area (Å²) in [6.07, 6.45) is 1.39. The molecule has 2 aromatic carbocycles. The number of nitrogens with zero attached hydrogens (tertiary/aromatic N) is 1. The Bertz CT molecular complexity index is 1060. The second-order valence-corrected chi connectivity index (χ2v) is 6.98. The molecule has 0 spiro atoms. The third-order valence-corrected chi connectivity index (χ3v) is 5.20. The van der Waals surface area contributed by atoms with E-state index in [1.807, 2.05) is 26.0 Å². The molecule has 140 valence electrons. The van der Waals surface area contributed by atoms with Crippen LogP contribution in [0.4, 0.5) is 4.39 Å². The molecule has 0 atom stereocenters. The average molecular weight is 367 g/mol. The van der Waals surface area contributed by atoms with Crippen molar-refractivity contribution in [2.45, 2.75) is 33.2 Å². The van der Waals surface area contributed by atoms with Gasteiger partial charge < -0.3 is 9.15 Å². The summed E-state index contributed by atoms with van der Waals surface area (Å²) in [4.78, 5) is 14.0. The van der Waals surface area contributed by atoms with Gasteiger partial charge in [0, 0.05) is 35.7 Å². The molecule has 0 unspecified atom stereocenters. The lowest BCUT2D eigenvalue weighted by molar-refractivity contribution is 0.0957. The van der Waals surface area contributed by atoms with Crippen LogP contribution in [0.25, 0.3) is 11.0 Å². The molecule has 0 saturated carbocycles. The molecule has 0 radical (unpaired) electrons. The van der Waals surface area contributed by atoms with E-state index in [4.69, 9.17) is 9.15 Å². The molecule has 1 aromatic heterocycles. The van der Waals surface area contributed by atoms with Crippen molar-refractivity contribution < 1.29 is 13.5 Å². The smallest absolute Gasteiger partial charge is 0.336 e. The van der Waals surface area contributed by atoms with Gasteiger partial charge in [-0.1, -0.05) is 25.1 Å². The predicted molar refractivity (Wildman–Crippen MR) is 103 cm³/mol. The minimum atomic E-state index is -0.329. The lowest BCUT2D eigenvalue weighted by Gasteiger charge is -2.30. The monoisotopic (exact) mass is 367 g/mol. The molecule has 0 N–H and O–H groups in total. The lowest BCUT2D eigenvalue weighted by atomic mass is 9.99. The van der Waals surface area contributed by atoms with E-state index >= 15 is 0 Å². The first-order chi connectivity index (χ1) is 13.1. The zero-order chi connectivity index (χ0) is 19.0. The normalized spacial score (nSPS) is 14.2. The van der Waals surface area contributed by atoms with Gasteiger partial charge >= 0.3 is 5.63 Å². The molecule has 3 aromatic rings. The van der Waals surface area contributed by atoms with Crippen molar-refractivity contribution in [3.05, 3.63) is 74.9 Å². The highest BCUT2D eigenvalue weighted by molar-refractivity contribution is 5.86. The number of aryl methyl sites for hydroxylation is 2. The summed E-state index contributed by atoms with van der Waals surface area (Å²) >= 11 is 0. The second-order valence-electron chi connectivity index (χ2n) is 6.98. The van der Waals surface area contributed by atoms with Crippen LogP contribution in [0.3, 0.4) is 0 Å². The fraction of sp³-hybridized carbons (Fsp3) is 0.318. The molecule has 4 rings (SSSR count). The molecule has 5 heteroatoms. The van der Waals surface area contributed by atoms with E-state index in [9.17, 15) is 9.18 Å². The van der Waals surface area contributed by atoms with Crippen LogP contribution >= 0.6 is 0 Å². The van der Waals surface area contributed by atoms with Gasteiger partial charge in [-0.15, -0.1) is 0 Å². The minimum Gasteiger partial charge on any atom is -0.477 e. The number of fused-ring (bicyclic) bond motifs is 2. The van der Waals surface area contributed by atoms with Gasteiger partial charge in [-0.3, -0.25) is 4.90 Å². The van der Waals surface area contributed by atoms with Crippen LogP contribution in [0.2, 0.25) is 0 Å². The molecule has 0 aliphatic carbocycles. The zero-order valence-corrected chi connectivity index (χ0v) is 15.5. The molecular weight excluding hydrogens is 345 g/mol. The maximum atomic E-state index is 13.8. The van der Waals surface area contributed by atoms with Crippen molar-refractivity contribution in [3.8, 4) is 5.75 Å². The second kappa shape index (κ2) is 7.16. The largest absolute Gasteiger partial charge is 0.477 e. The van der Waals surface area contributed by atoms with Gasteiger partial charge in [0.05, 0.1) is 0 Å². The van der Waals surface area contributed by atoms with Crippen LogP contribution in [0.1, 0.15) is 29.2 Å². The first-order valence-electron chi connectivity index (χ1n) is 9.24. The highest BCUT2D eigenvalue weighted by Crippen LogP contribution is 2.35. The fourth-order valence-corrected chi connectivity index (χ4v) is 3.75. The van der Waals surface area contributed by atoms with Crippen LogP contribution in [-0.2, 0) is 19.4 Å². The Labute approximate surface area is 157 Å². The number of halogens is 1. The SMILES string of the molecule is CCc1cc(=O)oc2c(C)c3c(cc12)CN(CCc1ccccc1F)CO3. The Hall–Kier alpha value is -2.66. The molecule has 0 bridgehead atoms. The Morgan fingerprint density at radius 3 is 2.78 bits per heavy atom. The van der Waals surface area contributed by atoms with Gasteiger partial charge in [-0.2, -0.15) is 0 Å². The van der Waals surface area contributed by atoms with E-state index in [0.717, 1.165) is 40.8 Å². The molecule has 0 amide bonds. The van der Waals surface area contributed by atoms with Crippen molar-refractivity contribution in [3.63, 3.8) is 0 Å². The molecule has 1 aliphatic rings. The summed E-state index contributed by atoms with van der Waals surface area (Å²) < 4.78 is 25.3. The third-order valence-electron chi connectivity index (χ3n) is 5.20. The summed E-state index contributed by atoms with van der Waals surface area (Å²) in [5.41, 5.74) is 3.92. The maximum absolute atomic E-state index is 13.8. The minimum absolute atomic E-state index is 0.166. The van der Waals surface area contributed by atoms with E-state index in [-0.39, 0.29) is 11.4 Å². The summed E-state index contributed by atoms with van der Waals surface area (Å²) in [5, 5.41) is 0.966. The van der Waals surface area contributed by atoms with E-state index < -0.39 is 0 Å². The molecule has 0 saturated heterocycles. The summed E-state index contributed by atoms with van der Waals surface area (Å²) in [6.45, 7) is 5.83. The van der Waals surface area contributed by atoms with Crippen molar-refractivity contribution in [1.82, 2.24) is 4.90 Å². The van der Waals surface area contributed by atoms with Gasteiger partial charge in [0.15, 0.2) is 0 Å². The summed E-state index contributed by atoms with van der Waals surface area (Å²) in [7, 11) is 0. The summed E-state index contributed by atoms with van der Waals surface area (Å²) in [6, 6.07) is 10.5. The quantitative estimate of drug-likeness (QED) is 0.648. The number of ether oxygens (including phenoxy) is 1. The van der Waals surface area contributed by atoms with Crippen molar-refractivity contribution in [2.75, 3.05) is 13.3 Å². The van der Waals surface area contributed by atoms with Gasteiger partial charge in [-0.25, -0.2) is 9.18 Å². The predicted octanol–water partition coefficient (Wildman–Crippen LogP) is 4.20. The fourth-order valence-electron chi connectivity index (χ4n) is 3.75. The first kappa shape index (κ1) is 17.7. The van der Waals surface area contributed by atoms with Gasteiger partial charge in [0.1, 0.15) is 23.9 Å². The van der Waals surface area contributed by atoms with Gasteiger partial charge in [0.2, 0.25) is 0 Å². The standard InChI is InChI=1S/C22H22FNO3/c1-3-15-11-20(25)27-22-14(2)21-17(10-18(15)22)12-24(13-26-21)9-8-16-6-4-5-7-19(16)23/h4-7,10-11H,3,8-9,12-13H2,1-2H3. The Morgan fingerprint density at radius 1 is 1.19 bits per heavy atom. The van der Waals surface area contributed by atoms with Crippen LogP contribution in [0.15, 0.2) is 45.6 Å². The van der Waals surface area contributed by atoms with Crippen LogP contribution in [0.5, 0.6) is 5.75 Å². The number of hydrogen-bond donors (Lipinski definition) is 0. The highest BCUT2D eigenvalue weighted by Gasteiger charge is 2.23.